The minimum absolute atomic E-state index is 0.690. The van der Waals surface area contributed by atoms with Gasteiger partial charge in [0.1, 0.15) is 0 Å². The van der Waals surface area contributed by atoms with E-state index in [1.165, 1.54) is 12.1 Å². The Kier molecular flexibility index (Phi) is 6.23. The molecule has 1 aliphatic rings. The molecule has 1 saturated heterocycles. The summed E-state index contributed by atoms with van der Waals surface area (Å²) in [7, 11) is 2.05. The topological polar surface area (TPSA) is 91.0 Å². The van der Waals surface area contributed by atoms with Crippen LogP contribution in [0.25, 0.3) is 0 Å². The quantitative estimate of drug-likeness (QED) is 0.704. The molecule has 0 aliphatic carbocycles. The average Bonchev–Trinajstić information content (AvgIpc) is 2.88. The number of ether oxygens (including phenoxy) is 1. The zero-order valence-electron chi connectivity index (χ0n) is 10.7. The third-order valence-corrected chi connectivity index (χ3v) is 3.24. The fourth-order valence-electron chi connectivity index (χ4n) is 2.17. The van der Waals surface area contributed by atoms with Crippen LogP contribution in [-0.2, 0) is 18.2 Å². The molecule has 0 radical (unpaired) electrons. The maximum atomic E-state index is 7.00. The van der Waals surface area contributed by atoms with Crippen molar-refractivity contribution in [2.24, 2.45) is 18.9 Å². The van der Waals surface area contributed by atoms with E-state index < -0.39 is 5.39 Å². The third-order valence-electron chi connectivity index (χ3n) is 3.24. The monoisotopic (exact) mass is 259 g/mol. The fraction of sp³-hybridized carbons (Fsp3) is 0.727. The van der Waals surface area contributed by atoms with Gasteiger partial charge < -0.3 is 9.30 Å². The Hall–Kier alpha value is -0.990. The normalized spacial score (nSPS) is 23.0. The maximum Gasteiger partial charge on any atom is 0.0945 e. The van der Waals surface area contributed by atoms with Crippen molar-refractivity contribution in [2.75, 3.05) is 13.2 Å². The van der Waals surface area contributed by atoms with E-state index in [9.17, 15) is 0 Å². The summed E-state index contributed by atoms with van der Waals surface area (Å²) >= 11 is 0. The zero-order chi connectivity index (χ0) is 13.5. The molecule has 0 saturated carbocycles. The molecule has 18 heavy (non-hydrogen) atoms. The maximum absolute atomic E-state index is 7.00. The number of aromatic nitrogens is 2. The fourth-order valence-corrected chi connectivity index (χ4v) is 2.17. The molecular formula is C11H21N3O4. The van der Waals surface area contributed by atoms with E-state index in [1.807, 2.05) is 12.5 Å². The molecule has 0 aromatic carbocycles. The van der Waals surface area contributed by atoms with Gasteiger partial charge in [-0.25, -0.2) is 4.98 Å². The van der Waals surface area contributed by atoms with Crippen LogP contribution in [0.3, 0.4) is 0 Å². The lowest BCUT2D eigenvalue weighted by molar-refractivity contribution is -0.472. The van der Waals surface area contributed by atoms with Crippen molar-refractivity contribution >= 4 is 0 Å². The molecule has 1 fully saturated rings. The Morgan fingerprint density at radius 3 is 2.50 bits per heavy atom. The highest BCUT2D eigenvalue weighted by Crippen LogP contribution is 2.26. The van der Waals surface area contributed by atoms with Crippen LogP contribution in [0.2, 0.25) is 0 Å². The Balaban J connectivity index is 0.000000357. The van der Waals surface area contributed by atoms with Gasteiger partial charge >= 0.3 is 0 Å². The van der Waals surface area contributed by atoms with Crippen molar-refractivity contribution in [3.8, 4) is 0 Å². The van der Waals surface area contributed by atoms with Crippen LogP contribution in [-0.4, -0.2) is 43.8 Å². The lowest BCUT2D eigenvalue weighted by atomic mass is 9.90. The molecule has 2 heterocycles. The Bertz CT molecular complexity index is 340. The minimum atomic E-state index is -1.00. The van der Waals surface area contributed by atoms with Crippen LogP contribution in [0.15, 0.2) is 12.5 Å². The van der Waals surface area contributed by atoms with Gasteiger partial charge in [-0.3, -0.25) is 15.6 Å². The van der Waals surface area contributed by atoms with E-state index in [-0.39, 0.29) is 0 Å². The third kappa shape index (κ3) is 4.71. The first-order chi connectivity index (χ1) is 8.54. The highest BCUT2D eigenvalue weighted by Gasteiger charge is 2.27. The number of hydrogen-bond donors (Lipinski definition) is 3. The molecule has 2 unspecified atom stereocenters. The predicted molar refractivity (Wildman–Crippen MR) is 62.2 cm³/mol. The summed E-state index contributed by atoms with van der Waals surface area (Å²) in [4.78, 5) is 4.14. The van der Waals surface area contributed by atoms with E-state index in [0.29, 0.717) is 5.92 Å². The van der Waals surface area contributed by atoms with Crippen LogP contribution in [0.5, 0.6) is 0 Å². The number of hydrogen-bond acceptors (Lipinski definition) is 6. The lowest BCUT2D eigenvalue weighted by Crippen LogP contribution is -2.15. The largest absolute Gasteiger partial charge is 0.381 e. The zero-order valence-corrected chi connectivity index (χ0v) is 10.7. The molecule has 2 rings (SSSR count). The molecule has 7 nitrogen and oxygen atoms in total. The molecule has 1 aliphatic heterocycles. The van der Waals surface area contributed by atoms with Crippen LogP contribution in [0.1, 0.15) is 19.0 Å². The van der Waals surface area contributed by atoms with Crippen molar-refractivity contribution in [1.82, 2.24) is 14.9 Å². The molecule has 1 aromatic rings. The van der Waals surface area contributed by atoms with Gasteiger partial charge in [0, 0.05) is 25.5 Å². The van der Waals surface area contributed by atoms with Gasteiger partial charge in [-0.2, -0.15) is 0 Å². The summed E-state index contributed by atoms with van der Waals surface area (Å²) < 4.78 is 7.62. The van der Waals surface area contributed by atoms with Crippen LogP contribution < -0.4 is 0 Å². The van der Waals surface area contributed by atoms with Gasteiger partial charge in [-0.15, -0.1) is 0 Å². The molecule has 1 aromatic heterocycles. The minimum Gasteiger partial charge on any atom is -0.381 e. The Morgan fingerprint density at radius 1 is 1.39 bits per heavy atom. The van der Waals surface area contributed by atoms with Crippen molar-refractivity contribution in [3.05, 3.63) is 18.2 Å². The summed E-state index contributed by atoms with van der Waals surface area (Å²) in [5.41, 5.74) is 1.32. The second-order valence-corrected chi connectivity index (χ2v) is 4.43. The highest BCUT2D eigenvalue weighted by atomic mass is 17.0. The van der Waals surface area contributed by atoms with Gasteiger partial charge in [0.25, 0.3) is 0 Å². The molecule has 0 bridgehead atoms. The second kappa shape index (κ2) is 7.45. The molecule has 3 N–H and O–H groups in total. The summed E-state index contributed by atoms with van der Waals surface area (Å²) in [6, 6.07) is 0. The first-order valence-corrected chi connectivity index (χ1v) is 5.94. The number of rotatable bonds is 3. The van der Waals surface area contributed by atoms with Crippen molar-refractivity contribution in [1.29, 1.82) is 0 Å². The first kappa shape index (κ1) is 15.1. The summed E-state index contributed by atoms with van der Waals surface area (Å²) in [5.74, 6) is 1.43. The smallest absolute Gasteiger partial charge is 0.0945 e. The van der Waals surface area contributed by atoms with Crippen molar-refractivity contribution in [3.63, 3.8) is 0 Å². The van der Waals surface area contributed by atoms with E-state index in [2.05, 4.69) is 23.5 Å². The van der Waals surface area contributed by atoms with Gasteiger partial charge in [0.2, 0.25) is 0 Å². The summed E-state index contributed by atoms with van der Waals surface area (Å²) in [5, 5.41) is 20.0. The van der Waals surface area contributed by atoms with Crippen molar-refractivity contribution in [2.45, 2.75) is 19.8 Å². The molecule has 0 spiro atoms. The van der Waals surface area contributed by atoms with E-state index in [1.54, 1.807) is 0 Å². The number of aryl methyl sites for hydroxylation is 1. The van der Waals surface area contributed by atoms with Crippen LogP contribution in [0.4, 0.5) is 0 Å². The molecule has 104 valence electrons. The van der Waals surface area contributed by atoms with Crippen LogP contribution >= 0.6 is 0 Å². The summed E-state index contributed by atoms with van der Waals surface area (Å²) in [6.45, 7) is 4.11. The van der Waals surface area contributed by atoms with Gasteiger partial charge in [-0.1, -0.05) is 13.3 Å². The Morgan fingerprint density at radius 2 is 2.00 bits per heavy atom. The number of imidazole rings is 1. The molecule has 0 amide bonds. The lowest BCUT2D eigenvalue weighted by Gasteiger charge is -2.15. The first-order valence-electron chi connectivity index (χ1n) is 5.94. The van der Waals surface area contributed by atoms with E-state index in [0.717, 1.165) is 25.6 Å². The Labute approximate surface area is 106 Å². The van der Waals surface area contributed by atoms with E-state index >= 15 is 0 Å². The summed E-state index contributed by atoms with van der Waals surface area (Å²) in [6.07, 6.45) is 6.16. The number of nitrogens with zero attached hydrogens (tertiary/aromatic N) is 3. The SMILES string of the molecule is CCC1COCC1Cc1cncn1C.ON(O)O. The second-order valence-electron chi connectivity index (χ2n) is 4.43. The van der Waals surface area contributed by atoms with Crippen LogP contribution in [0, 0.1) is 11.8 Å². The molecule has 7 heteroatoms. The average molecular weight is 259 g/mol. The molecular weight excluding hydrogens is 238 g/mol. The highest BCUT2D eigenvalue weighted by molar-refractivity contribution is 5.00. The van der Waals surface area contributed by atoms with Gasteiger partial charge in [0.05, 0.1) is 18.3 Å². The van der Waals surface area contributed by atoms with E-state index in [4.69, 9.17) is 20.4 Å². The predicted octanol–water partition coefficient (Wildman–Crippen LogP) is 1.09. The van der Waals surface area contributed by atoms with Crippen molar-refractivity contribution < 1.29 is 20.4 Å². The molecule has 2 atom stereocenters. The van der Waals surface area contributed by atoms with Gasteiger partial charge in [-0.05, 0) is 18.3 Å². The standard InChI is InChI=1S/C11H18N2O.H3NO3/c1-3-9-6-14-7-10(9)4-11-5-12-8-13(11)2;2-1(3)4/h5,8-10H,3-4,6-7H2,1-2H3;2-4H. The van der Waals surface area contributed by atoms with Gasteiger partial charge in [0.15, 0.2) is 0 Å².